The molecule has 0 bridgehead atoms. The van der Waals surface area contributed by atoms with Crippen LogP contribution in [0.4, 0.5) is 4.39 Å². The van der Waals surface area contributed by atoms with Crippen LogP contribution in [0.3, 0.4) is 0 Å². The third-order valence-corrected chi connectivity index (χ3v) is 6.02. The van der Waals surface area contributed by atoms with Gasteiger partial charge in [-0.25, -0.2) is 4.39 Å². The molecule has 1 atom stereocenters. The topological polar surface area (TPSA) is 68.6 Å². The molecule has 3 heterocycles. The van der Waals surface area contributed by atoms with Gasteiger partial charge < -0.3 is 9.64 Å². The molecule has 6 nitrogen and oxygen atoms in total. The average molecular weight is 433 g/mol. The maximum Gasteiger partial charge on any atom is 0.293 e. The first-order chi connectivity index (χ1) is 14.4. The molecule has 1 aromatic heterocycles. The van der Waals surface area contributed by atoms with E-state index in [0.717, 1.165) is 12.8 Å². The van der Waals surface area contributed by atoms with Crippen molar-refractivity contribution in [2.75, 3.05) is 13.1 Å². The van der Waals surface area contributed by atoms with E-state index in [0.29, 0.717) is 42.8 Å². The summed E-state index contributed by atoms with van der Waals surface area (Å²) >= 11 is 5.80. The Hall–Kier alpha value is -2.67. The number of Topliss-reactive ketones (excluding diaryl/α,β-unsaturated/α-hetero) is 1. The zero-order chi connectivity index (χ0) is 21.4. The Kier molecular flexibility index (Phi) is 5.64. The van der Waals surface area contributed by atoms with Crippen LogP contribution in [-0.4, -0.2) is 34.2 Å². The first-order valence-corrected chi connectivity index (χ1v) is 10.4. The number of amides is 1. The summed E-state index contributed by atoms with van der Waals surface area (Å²) in [6, 6.07) is 4.99. The lowest BCUT2D eigenvalue weighted by Gasteiger charge is -2.22. The van der Waals surface area contributed by atoms with Crippen molar-refractivity contribution < 1.29 is 18.7 Å². The highest BCUT2D eigenvalue weighted by atomic mass is 35.5. The number of hydrogen-bond acceptors (Lipinski definition) is 4. The van der Waals surface area contributed by atoms with Crippen molar-refractivity contribution in [3.63, 3.8) is 0 Å². The summed E-state index contributed by atoms with van der Waals surface area (Å²) in [5.41, 5.74) is 1.12. The van der Waals surface area contributed by atoms with Gasteiger partial charge in [-0.3, -0.25) is 19.0 Å². The monoisotopic (exact) mass is 432 g/mol. The maximum absolute atomic E-state index is 13.4. The van der Waals surface area contributed by atoms with Crippen molar-refractivity contribution in [1.82, 2.24) is 9.47 Å². The molecule has 2 aliphatic heterocycles. The van der Waals surface area contributed by atoms with Crippen molar-refractivity contribution >= 4 is 23.3 Å². The largest absolute Gasteiger partial charge is 0.483 e. The summed E-state index contributed by atoms with van der Waals surface area (Å²) in [4.78, 5) is 40.2. The Bertz CT molecular complexity index is 1080. The fraction of sp³-hybridized carbons (Fsp3) is 0.409. The second-order valence-electron chi connectivity index (χ2n) is 7.72. The van der Waals surface area contributed by atoms with Crippen LogP contribution in [0.5, 0.6) is 5.75 Å². The number of nitrogens with zero attached hydrogens (tertiary/aromatic N) is 2. The zero-order valence-electron chi connectivity index (χ0n) is 16.6. The number of aromatic nitrogens is 1. The molecule has 30 heavy (non-hydrogen) atoms. The highest BCUT2D eigenvalue weighted by Crippen LogP contribution is 2.31. The van der Waals surface area contributed by atoms with Crippen LogP contribution in [0.2, 0.25) is 5.02 Å². The van der Waals surface area contributed by atoms with Crippen LogP contribution in [0.1, 0.15) is 53.8 Å². The van der Waals surface area contributed by atoms with Crippen molar-refractivity contribution in [3.8, 4) is 5.75 Å². The molecule has 1 saturated heterocycles. The molecule has 0 unspecified atom stereocenters. The number of likely N-dealkylation sites (tertiary alicyclic amines) is 1. The van der Waals surface area contributed by atoms with Gasteiger partial charge in [0.15, 0.2) is 11.5 Å². The predicted octanol–water partition coefficient (Wildman–Crippen LogP) is 3.53. The van der Waals surface area contributed by atoms with Crippen molar-refractivity contribution in [1.29, 1.82) is 0 Å². The lowest BCUT2D eigenvalue weighted by atomic mass is 10.1. The average Bonchev–Trinajstić information content (AvgIpc) is 3.39. The molecule has 0 N–H and O–H groups in total. The summed E-state index contributed by atoms with van der Waals surface area (Å²) in [5, 5.41) is -0.0394. The number of carbonyl (C=O) groups excluding carboxylic acids is 2. The van der Waals surface area contributed by atoms with E-state index < -0.39 is 17.4 Å². The fourth-order valence-corrected chi connectivity index (χ4v) is 4.42. The summed E-state index contributed by atoms with van der Waals surface area (Å²) in [5.74, 6) is -0.821. The second kappa shape index (κ2) is 8.22. The van der Waals surface area contributed by atoms with Crippen molar-refractivity contribution in [3.05, 3.63) is 62.3 Å². The quantitative estimate of drug-likeness (QED) is 0.678. The van der Waals surface area contributed by atoms with Gasteiger partial charge in [0, 0.05) is 24.3 Å². The molecular weight excluding hydrogens is 411 g/mol. The number of ketones is 1. The van der Waals surface area contributed by atoms with Gasteiger partial charge >= 0.3 is 0 Å². The van der Waals surface area contributed by atoms with Crippen LogP contribution in [0.25, 0.3) is 0 Å². The predicted molar refractivity (Wildman–Crippen MR) is 110 cm³/mol. The van der Waals surface area contributed by atoms with E-state index in [4.69, 9.17) is 16.3 Å². The minimum atomic E-state index is -0.618. The standard InChI is InChI=1S/C22H22ClFN2O4/c1-13(27)15-11-20(30-12-14-4-5-17(24)16(23)10-14)22(29)26-18(15)6-7-19(26)21(28)25-8-2-3-9-25/h4-5,10-11,19H,2-3,6-9,12H2,1H3/t19-/m0/s1. The number of halogens is 2. The third-order valence-electron chi connectivity index (χ3n) is 5.73. The number of benzene rings is 1. The second-order valence-corrected chi connectivity index (χ2v) is 8.13. The molecule has 0 spiro atoms. The Morgan fingerprint density at radius 1 is 1.23 bits per heavy atom. The third kappa shape index (κ3) is 3.74. The Balaban J connectivity index is 1.68. The van der Waals surface area contributed by atoms with Crippen LogP contribution < -0.4 is 10.3 Å². The first kappa shape index (κ1) is 20.6. The normalized spacial score (nSPS) is 17.8. The van der Waals surface area contributed by atoms with Gasteiger partial charge in [-0.2, -0.15) is 0 Å². The fourth-order valence-electron chi connectivity index (χ4n) is 4.22. The smallest absolute Gasteiger partial charge is 0.293 e. The minimum Gasteiger partial charge on any atom is -0.483 e. The van der Waals surface area contributed by atoms with Gasteiger partial charge in [-0.05, 0) is 56.4 Å². The van der Waals surface area contributed by atoms with Gasteiger partial charge in [-0.15, -0.1) is 0 Å². The van der Waals surface area contributed by atoms with E-state index in [1.807, 2.05) is 0 Å². The molecule has 0 aliphatic carbocycles. The maximum atomic E-state index is 13.4. The van der Waals surface area contributed by atoms with Gasteiger partial charge in [0.25, 0.3) is 5.56 Å². The van der Waals surface area contributed by atoms with Crippen LogP contribution >= 0.6 is 11.6 Å². The minimum absolute atomic E-state index is 0.00878. The van der Waals surface area contributed by atoms with Crippen LogP contribution in [0.15, 0.2) is 29.1 Å². The molecule has 0 saturated carbocycles. The van der Waals surface area contributed by atoms with Gasteiger partial charge in [0.1, 0.15) is 18.5 Å². The van der Waals surface area contributed by atoms with E-state index >= 15 is 0 Å². The first-order valence-electron chi connectivity index (χ1n) is 10.0. The molecule has 2 aliphatic rings. The van der Waals surface area contributed by atoms with Crippen LogP contribution in [0, 0.1) is 5.82 Å². The molecule has 8 heteroatoms. The lowest BCUT2D eigenvalue weighted by Crippen LogP contribution is -2.38. The van der Waals surface area contributed by atoms with Gasteiger partial charge in [0.05, 0.1) is 5.02 Å². The Morgan fingerprint density at radius 2 is 1.97 bits per heavy atom. The van der Waals surface area contributed by atoms with E-state index in [2.05, 4.69) is 0 Å². The van der Waals surface area contributed by atoms with Gasteiger partial charge in [-0.1, -0.05) is 17.7 Å². The lowest BCUT2D eigenvalue weighted by molar-refractivity contribution is -0.133. The molecule has 1 aromatic carbocycles. The van der Waals surface area contributed by atoms with E-state index in [-0.39, 0.29) is 29.1 Å². The number of hydrogen-bond donors (Lipinski definition) is 0. The number of ether oxygens (including phenoxy) is 1. The molecule has 1 amide bonds. The van der Waals surface area contributed by atoms with Crippen LogP contribution in [-0.2, 0) is 17.8 Å². The molecule has 0 radical (unpaired) electrons. The molecular formula is C22H22ClFN2O4. The summed E-state index contributed by atoms with van der Waals surface area (Å²) in [6.45, 7) is 2.80. The van der Waals surface area contributed by atoms with Gasteiger partial charge in [0.2, 0.25) is 5.91 Å². The number of carbonyl (C=O) groups is 2. The zero-order valence-corrected chi connectivity index (χ0v) is 17.4. The Morgan fingerprint density at radius 3 is 2.63 bits per heavy atom. The highest BCUT2D eigenvalue weighted by Gasteiger charge is 2.36. The summed E-state index contributed by atoms with van der Waals surface area (Å²) in [7, 11) is 0. The SMILES string of the molecule is CC(=O)c1cc(OCc2ccc(F)c(Cl)c2)c(=O)n2c1CC[C@H]2C(=O)N1CCCC1. The molecule has 158 valence electrons. The van der Waals surface area contributed by atoms with E-state index in [1.54, 1.807) is 4.90 Å². The number of pyridine rings is 1. The van der Waals surface area contributed by atoms with Crippen molar-refractivity contribution in [2.24, 2.45) is 0 Å². The molecule has 1 fully saturated rings. The summed E-state index contributed by atoms with van der Waals surface area (Å²) in [6.07, 6.45) is 2.90. The highest BCUT2D eigenvalue weighted by molar-refractivity contribution is 6.30. The summed E-state index contributed by atoms with van der Waals surface area (Å²) < 4.78 is 20.5. The van der Waals surface area contributed by atoms with E-state index in [1.165, 1.54) is 35.8 Å². The van der Waals surface area contributed by atoms with E-state index in [9.17, 15) is 18.8 Å². The number of rotatable bonds is 5. The molecule has 2 aromatic rings. The number of fused-ring (bicyclic) bond motifs is 1. The molecule has 4 rings (SSSR count). The van der Waals surface area contributed by atoms with Crippen molar-refractivity contribution in [2.45, 2.75) is 45.3 Å². The Labute approximate surface area is 178 Å².